The third-order valence-corrected chi connectivity index (χ3v) is 3.37. The zero-order valence-electron chi connectivity index (χ0n) is 11.9. The van der Waals surface area contributed by atoms with Crippen molar-refractivity contribution in [3.8, 4) is 18.4 Å². The van der Waals surface area contributed by atoms with Crippen LogP contribution in [0.15, 0.2) is 60.7 Å². The zero-order valence-corrected chi connectivity index (χ0v) is 11.9. The van der Waals surface area contributed by atoms with Crippen LogP contribution in [0.3, 0.4) is 0 Å². The summed E-state index contributed by atoms with van der Waals surface area (Å²) in [5.74, 6) is 2.75. The average molecular weight is 274 g/mol. The quantitative estimate of drug-likeness (QED) is 0.752. The molecule has 1 unspecified atom stereocenters. The highest BCUT2D eigenvalue weighted by atomic mass is 15.1. The number of rotatable bonds is 6. The minimum atomic E-state index is -0.171. The molecule has 0 fully saturated rings. The molecule has 0 saturated carbocycles. The van der Waals surface area contributed by atoms with E-state index in [0.717, 1.165) is 13.1 Å². The molecule has 2 aromatic rings. The second kappa shape index (κ2) is 7.90. The van der Waals surface area contributed by atoms with Gasteiger partial charge in [-0.3, -0.25) is 4.90 Å². The van der Waals surface area contributed by atoms with E-state index < -0.39 is 0 Å². The van der Waals surface area contributed by atoms with Crippen molar-refractivity contribution < 1.29 is 0 Å². The van der Waals surface area contributed by atoms with Gasteiger partial charge in [0.1, 0.15) is 0 Å². The summed E-state index contributed by atoms with van der Waals surface area (Å²) < 4.78 is 0. The molecule has 1 atom stereocenters. The number of hydrogen-bond donors (Lipinski definition) is 0. The van der Waals surface area contributed by atoms with Crippen LogP contribution < -0.4 is 0 Å². The second-order valence-electron chi connectivity index (χ2n) is 4.92. The Morgan fingerprint density at radius 2 is 1.38 bits per heavy atom. The summed E-state index contributed by atoms with van der Waals surface area (Å²) in [6.07, 6.45) is 5.97. The molecule has 0 amide bonds. The first-order chi connectivity index (χ1) is 10.3. The smallest absolute Gasteiger partial charge is 0.0849 e. The summed E-state index contributed by atoms with van der Waals surface area (Å²) in [5.41, 5.74) is 2.40. The molecule has 0 saturated heterocycles. The van der Waals surface area contributed by atoms with Gasteiger partial charge >= 0.3 is 0 Å². The lowest BCUT2D eigenvalue weighted by Crippen LogP contribution is -2.33. The van der Waals surface area contributed by atoms with Crippen LogP contribution in [0.2, 0.25) is 0 Å². The molecule has 2 rings (SSSR count). The third kappa shape index (κ3) is 4.49. The van der Waals surface area contributed by atoms with Crippen molar-refractivity contribution >= 4 is 0 Å². The van der Waals surface area contributed by atoms with Crippen molar-refractivity contribution in [2.75, 3.05) is 0 Å². The van der Waals surface area contributed by atoms with Crippen molar-refractivity contribution in [3.63, 3.8) is 0 Å². The molecule has 2 heteroatoms. The van der Waals surface area contributed by atoms with E-state index in [9.17, 15) is 0 Å². The summed E-state index contributed by atoms with van der Waals surface area (Å²) in [7, 11) is 0. The van der Waals surface area contributed by atoms with Crippen LogP contribution in [0, 0.1) is 23.7 Å². The van der Waals surface area contributed by atoms with E-state index in [4.69, 9.17) is 11.7 Å². The molecule has 0 aliphatic carbocycles. The maximum atomic E-state index is 8.98. The predicted octanol–water partition coefficient (Wildman–Crippen LogP) is 3.60. The number of nitrogens with zero attached hydrogens (tertiary/aromatic N) is 2. The number of nitriles is 1. The average Bonchev–Trinajstić information content (AvgIpc) is 2.54. The molecule has 0 spiro atoms. The molecular formula is C19H18N2. The van der Waals surface area contributed by atoms with Gasteiger partial charge in [0, 0.05) is 13.1 Å². The zero-order chi connectivity index (χ0) is 14.9. The van der Waals surface area contributed by atoms with E-state index in [1.807, 2.05) is 36.4 Å². The van der Waals surface area contributed by atoms with Gasteiger partial charge in [-0.2, -0.15) is 5.26 Å². The Kier molecular flexibility index (Phi) is 5.59. The van der Waals surface area contributed by atoms with Crippen LogP contribution in [-0.4, -0.2) is 10.9 Å². The Hall–Kier alpha value is -2.55. The van der Waals surface area contributed by atoms with Gasteiger partial charge in [-0.15, -0.1) is 6.42 Å². The van der Waals surface area contributed by atoms with E-state index in [0.29, 0.717) is 6.42 Å². The lowest BCUT2D eigenvalue weighted by atomic mass is 10.1. The Balaban J connectivity index is 2.18. The molecule has 21 heavy (non-hydrogen) atoms. The van der Waals surface area contributed by atoms with Crippen molar-refractivity contribution in [1.82, 2.24) is 4.90 Å². The van der Waals surface area contributed by atoms with E-state index in [1.165, 1.54) is 11.1 Å². The Morgan fingerprint density at radius 3 is 1.76 bits per heavy atom. The van der Waals surface area contributed by atoms with Gasteiger partial charge in [-0.1, -0.05) is 66.6 Å². The first-order valence-corrected chi connectivity index (χ1v) is 6.98. The van der Waals surface area contributed by atoms with Crippen LogP contribution in [0.25, 0.3) is 0 Å². The fraction of sp³-hybridized carbons (Fsp3) is 0.211. The molecule has 0 aliphatic rings. The van der Waals surface area contributed by atoms with Crippen LogP contribution >= 0.6 is 0 Å². The van der Waals surface area contributed by atoms with Gasteiger partial charge in [0.25, 0.3) is 0 Å². The van der Waals surface area contributed by atoms with Crippen molar-refractivity contribution in [2.24, 2.45) is 0 Å². The molecule has 2 nitrogen and oxygen atoms in total. The summed E-state index contributed by atoms with van der Waals surface area (Å²) in [4.78, 5) is 2.17. The highest BCUT2D eigenvalue weighted by Crippen LogP contribution is 2.14. The molecule has 0 aromatic heterocycles. The van der Waals surface area contributed by atoms with Crippen molar-refractivity contribution in [1.29, 1.82) is 5.26 Å². The van der Waals surface area contributed by atoms with E-state index in [1.54, 1.807) is 0 Å². The van der Waals surface area contributed by atoms with E-state index >= 15 is 0 Å². The summed E-state index contributed by atoms with van der Waals surface area (Å²) in [6.45, 7) is 1.48. The van der Waals surface area contributed by atoms with E-state index in [-0.39, 0.29) is 6.04 Å². The monoisotopic (exact) mass is 274 g/mol. The number of benzene rings is 2. The molecule has 0 aliphatic heterocycles. The van der Waals surface area contributed by atoms with E-state index in [2.05, 4.69) is 41.2 Å². The second-order valence-corrected chi connectivity index (χ2v) is 4.92. The van der Waals surface area contributed by atoms with Crippen LogP contribution in [0.4, 0.5) is 0 Å². The fourth-order valence-electron chi connectivity index (χ4n) is 2.29. The van der Waals surface area contributed by atoms with Gasteiger partial charge in [-0.05, 0) is 11.1 Å². The first-order valence-electron chi connectivity index (χ1n) is 6.98. The van der Waals surface area contributed by atoms with Gasteiger partial charge in [-0.25, -0.2) is 0 Å². The van der Waals surface area contributed by atoms with Crippen LogP contribution in [0.5, 0.6) is 0 Å². The van der Waals surface area contributed by atoms with Crippen molar-refractivity contribution in [2.45, 2.75) is 25.6 Å². The van der Waals surface area contributed by atoms with Crippen molar-refractivity contribution in [3.05, 3.63) is 71.8 Å². The Bertz CT molecular complexity index is 579. The third-order valence-electron chi connectivity index (χ3n) is 3.37. The first kappa shape index (κ1) is 14.9. The molecule has 0 radical (unpaired) electrons. The highest BCUT2D eigenvalue weighted by Gasteiger charge is 2.16. The fourth-order valence-corrected chi connectivity index (χ4v) is 2.29. The van der Waals surface area contributed by atoms with Crippen LogP contribution in [-0.2, 0) is 13.1 Å². The largest absolute Gasteiger partial charge is 0.280 e. The molecule has 0 bridgehead atoms. The summed E-state index contributed by atoms with van der Waals surface area (Å²) >= 11 is 0. The normalized spacial score (nSPS) is 11.6. The highest BCUT2D eigenvalue weighted by molar-refractivity contribution is 5.19. The maximum absolute atomic E-state index is 8.98. The lowest BCUT2D eigenvalue weighted by molar-refractivity contribution is 0.219. The minimum Gasteiger partial charge on any atom is -0.280 e. The van der Waals surface area contributed by atoms with Crippen LogP contribution in [0.1, 0.15) is 17.5 Å². The molecule has 2 aromatic carbocycles. The Morgan fingerprint density at radius 1 is 0.905 bits per heavy atom. The van der Waals surface area contributed by atoms with Gasteiger partial charge in [0.15, 0.2) is 0 Å². The summed E-state index contributed by atoms with van der Waals surface area (Å²) in [6, 6.07) is 22.4. The predicted molar refractivity (Wildman–Crippen MR) is 85.0 cm³/mol. The molecule has 104 valence electrons. The summed E-state index contributed by atoms with van der Waals surface area (Å²) in [5, 5.41) is 8.98. The molecule has 0 N–H and O–H groups in total. The standard InChI is InChI=1S/C19H18N2/c1-2-19(13-14-20)21(15-17-9-5-3-6-10-17)16-18-11-7-4-8-12-18/h1,3-12,19H,13,15-16H2. The number of terminal acetylenes is 1. The van der Waals surface area contributed by atoms with Gasteiger partial charge in [0.2, 0.25) is 0 Å². The van der Waals surface area contributed by atoms with Gasteiger partial charge in [0.05, 0.1) is 18.5 Å². The number of hydrogen-bond acceptors (Lipinski definition) is 2. The topological polar surface area (TPSA) is 27.0 Å². The molecular weight excluding hydrogens is 256 g/mol. The Labute approximate surface area is 126 Å². The maximum Gasteiger partial charge on any atom is 0.0849 e. The van der Waals surface area contributed by atoms with Gasteiger partial charge < -0.3 is 0 Å². The minimum absolute atomic E-state index is 0.171. The lowest BCUT2D eigenvalue weighted by Gasteiger charge is -2.27. The molecule has 0 heterocycles. The SMILES string of the molecule is C#CC(CC#N)N(Cc1ccccc1)Cc1ccccc1.